The maximum atomic E-state index is 6.12. The van der Waals surface area contributed by atoms with Crippen LogP contribution in [0.5, 0.6) is 0 Å². The van der Waals surface area contributed by atoms with Crippen LogP contribution in [-0.2, 0) is 12.2 Å². The lowest BCUT2D eigenvalue weighted by Crippen LogP contribution is -2.13. The van der Waals surface area contributed by atoms with Crippen LogP contribution >= 0.6 is 11.8 Å². The second kappa shape index (κ2) is 7.45. The molecule has 2 rings (SSSR count). The summed E-state index contributed by atoms with van der Waals surface area (Å²) in [6.45, 7) is 4.38. The Labute approximate surface area is 124 Å². The summed E-state index contributed by atoms with van der Waals surface area (Å²) in [5, 5.41) is 4.60. The number of aromatic nitrogens is 2. The van der Waals surface area contributed by atoms with Crippen LogP contribution in [0.4, 0.5) is 0 Å². The van der Waals surface area contributed by atoms with E-state index in [0.29, 0.717) is 17.6 Å². The van der Waals surface area contributed by atoms with Crippen LogP contribution in [0.2, 0.25) is 0 Å². The molecule has 2 atom stereocenters. The third-order valence-corrected chi connectivity index (χ3v) is 4.50. The van der Waals surface area contributed by atoms with Crippen molar-refractivity contribution in [3.63, 3.8) is 0 Å². The van der Waals surface area contributed by atoms with Gasteiger partial charge in [0.25, 0.3) is 0 Å². The monoisotopic (exact) mass is 291 g/mol. The predicted molar refractivity (Wildman–Crippen MR) is 82.4 cm³/mol. The molecule has 1 aromatic carbocycles. The molecule has 4 nitrogen and oxygen atoms in total. The smallest absolute Gasteiger partial charge is 0.243 e. The Morgan fingerprint density at radius 2 is 2.05 bits per heavy atom. The summed E-state index contributed by atoms with van der Waals surface area (Å²) < 4.78 is 5.27. The van der Waals surface area contributed by atoms with Crippen molar-refractivity contribution in [2.45, 2.75) is 43.7 Å². The van der Waals surface area contributed by atoms with E-state index in [1.165, 1.54) is 5.56 Å². The molecule has 0 saturated carbocycles. The summed E-state index contributed by atoms with van der Waals surface area (Å²) in [7, 11) is 0. The highest BCUT2D eigenvalue weighted by atomic mass is 32.2. The van der Waals surface area contributed by atoms with Crippen molar-refractivity contribution < 1.29 is 4.52 Å². The first-order chi connectivity index (χ1) is 9.69. The number of rotatable bonds is 7. The number of nitrogens with two attached hydrogens (primary N) is 1. The first-order valence-corrected chi connectivity index (χ1v) is 7.97. The molecule has 5 heteroatoms. The lowest BCUT2D eigenvalue weighted by Gasteiger charge is -2.06. The Morgan fingerprint density at radius 1 is 1.30 bits per heavy atom. The number of hydrogen-bond donors (Lipinski definition) is 1. The highest BCUT2D eigenvalue weighted by Gasteiger charge is 2.15. The zero-order valence-electron chi connectivity index (χ0n) is 12.0. The molecule has 1 aromatic heterocycles. The average molecular weight is 291 g/mol. The summed E-state index contributed by atoms with van der Waals surface area (Å²) in [4.78, 5) is 4.39. The normalized spacial score (nSPS) is 14.2. The predicted octanol–water partition coefficient (Wildman–Crippen LogP) is 3.34. The maximum absolute atomic E-state index is 6.12. The second-order valence-electron chi connectivity index (χ2n) is 4.87. The van der Waals surface area contributed by atoms with E-state index in [1.54, 1.807) is 0 Å². The van der Waals surface area contributed by atoms with Gasteiger partial charge in [-0.2, -0.15) is 16.7 Å². The van der Waals surface area contributed by atoms with Crippen molar-refractivity contribution >= 4 is 11.8 Å². The van der Waals surface area contributed by atoms with Crippen molar-refractivity contribution in [1.82, 2.24) is 10.1 Å². The van der Waals surface area contributed by atoms with Gasteiger partial charge >= 0.3 is 0 Å². The van der Waals surface area contributed by atoms with Crippen molar-refractivity contribution in [3.05, 3.63) is 47.6 Å². The standard InChI is InChI=1S/C15H21N3OS/c1-3-11(2)20-10-14-17-15(19-18-14)13(16)9-12-7-5-4-6-8-12/h4-8,11,13H,3,9-10,16H2,1-2H3. The fourth-order valence-corrected chi connectivity index (χ4v) is 2.55. The van der Waals surface area contributed by atoms with Gasteiger partial charge in [0.05, 0.1) is 11.8 Å². The summed E-state index contributed by atoms with van der Waals surface area (Å²) in [6.07, 6.45) is 1.85. The Bertz CT molecular complexity index is 515. The van der Waals surface area contributed by atoms with Crippen LogP contribution in [0.3, 0.4) is 0 Å². The van der Waals surface area contributed by atoms with Gasteiger partial charge in [-0.25, -0.2) is 0 Å². The van der Waals surface area contributed by atoms with Crippen LogP contribution in [0, 0.1) is 0 Å². The number of nitrogens with zero attached hydrogens (tertiary/aromatic N) is 2. The molecule has 0 radical (unpaired) electrons. The van der Waals surface area contributed by atoms with E-state index in [4.69, 9.17) is 10.3 Å². The number of thioether (sulfide) groups is 1. The summed E-state index contributed by atoms with van der Waals surface area (Å²) in [5.74, 6) is 2.03. The SMILES string of the molecule is CCC(C)SCc1noc(C(N)Cc2ccccc2)n1. The molecule has 2 aromatic rings. The van der Waals surface area contributed by atoms with E-state index < -0.39 is 0 Å². The molecule has 108 valence electrons. The zero-order valence-corrected chi connectivity index (χ0v) is 12.8. The summed E-state index contributed by atoms with van der Waals surface area (Å²) in [5.41, 5.74) is 7.29. The van der Waals surface area contributed by atoms with E-state index in [0.717, 1.165) is 18.0 Å². The van der Waals surface area contributed by atoms with Gasteiger partial charge in [-0.15, -0.1) is 0 Å². The van der Waals surface area contributed by atoms with Crippen molar-refractivity contribution in [1.29, 1.82) is 0 Å². The Kier molecular flexibility index (Phi) is 5.61. The highest BCUT2D eigenvalue weighted by molar-refractivity contribution is 7.99. The van der Waals surface area contributed by atoms with Crippen molar-refractivity contribution in [2.24, 2.45) is 5.73 Å². The topological polar surface area (TPSA) is 64.9 Å². The zero-order chi connectivity index (χ0) is 14.4. The number of hydrogen-bond acceptors (Lipinski definition) is 5. The quantitative estimate of drug-likeness (QED) is 0.847. The molecule has 1 heterocycles. The first kappa shape index (κ1) is 15.1. The van der Waals surface area contributed by atoms with E-state index in [-0.39, 0.29) is 6.04 Å². The van der Waals surface area contributed by atoms with E-state index in [2.05, 4.69) is 36.1 Å². The molecule has 2 N–H and O–H groups in total. The molecule has 0 aliphatic rings. The van der Waals surface area contributed by atoms with E-state index in [1.807, 2.05) is 30.0 Å². The minimum atomic E-state index is -0.243. The van der Waals surface area contributed by atoms with Crippen LogP contribution < -0.4 is 5.73 Å². The fraction of sp³-hybridized carbons (Fsp3) is 0.467. The van der Waals surface area contributed by atoms with Gasteiger partial charge in [-0.1, -0.05) is 49.3 Å². The van der Waals surface area contributed by atoms with E-state index >= 15 is 0 Å². The van der Waals surface area contributed by atoms with Crippen LogP contribution in [0.1, 0.15) is 43.6 Å². The van der Waals surface area contributed by atoms with Gasteiger partial charge in [-0.3, -0.25) is 0 Å². The van der Waals surface area contributed by atoms with Crippen molar-refractivity contribution in [2.75, 3.05) is 0 Å². The average Bonchev–Trinajstić information content (AvgIpc) is 2.95. The van der Waals surface area contributed by atoms with Crippen LogP contribution in [0.25, 0.3) is 0 Å². The second-order valence-corrected chi connectivity index (χ2v) is 6.30. The van der Waals surface area contributed by atoms with Gasteiger partial charge in [-0.05, 0) is 18.4 Å². The molecule has 0 aliphatic heterocycles. The lowest BCUT2D eigenvalue weighted by atomic mass is 10.1. The van der Waals surface area contributed by atoms with Gasteiger partial charge in [0.1, 0.15) is 0 Å². The van der Waals surface area contributed by atoms with E-state index in [9.17, 15) is 0 Å². The van der Waals surface area contributed by atoms with Crippen LogP contribution in [0.15, 0.2) is 34.9 Å². The molecule has 0 amide bonds. The molecular formula is C15H21N3OS. The number of benzene rings is 1. The first-order valence-electron chi connectivity index (χ1n) is 6.92. The largest absolute Gasteiger partial charge is 0.338 e. The molecule has 2 unspecified atom stereocenters. The summed E-state index contributed by atoms with van der Waals surface area (Å²) >= 11 is 1.83. The molecule has 0 fully saturated rings. The minimum Gasteiger partial charge on any atom is -0.338 e. The third kappa shape index (κ3) is 4.35. The Morgan fingerprint density at radius 3 is 2.75 bits per heavy atom. The van der Waals surface area contributed by atoms with Gasteiger partial charge in [0.2, 0.25) is 5.89 Å². The van der Waals surface area contributed by atoms with Crippen LogP contribution in [-0.4, -0.2) is 15.4 Å². The lowest BCUT2D eigenvalue weighted by molar-refractivity contribution is 0.351. The summed E-state index contributed by atoms with van der Waals surface area (Å²) in [6, 6.07) is 9.86. The Balaban J connectivity index is 1.91. The maximum Gasteiger partial charge on any atom is 0.243 e. The van der Waals surface area contributed by atoms with Gasteiger partial charge < -0.3 is 10.3 Å². The minimum absolute atomic E-state index is 0.243. The highest BCUT2D eigenvalue weighted by Crippen LogP contribution is 2.20. The Hall–Kier alpha value is -1.33. The molecule has 20 heavy (non-hydrogen) atoms. The van der Waals surface area contributed by atoms with Crippen molar-refractivity contribution in [3.8, 4) is 0 Å². The molecule has 0 saturated heterocycles. The van der Waals surface area contributed by atoms with Gasteiger partial charge in [0.15, 0.2) is 5.82 Å². The molecule has 0 bridgehead atoms. The van der Waals surface area contributed by atoms with Gasteiger partial charge in [0, 0.05) is 5.25 Å². The third-order valence-electron chi connectivity index (χ3n) is 3.17. The molecular weight excluding hydrogens is 270 g/mol. The molecule has 0 spiro atoms. The molecule has 0 aliphatic carbocycles. The fourth-order valence-electron chi connectivity index (χ4n) is 1.77.